The number of aromatic amines is 1. The second-order valence-corrected chi connectivity index (χ2v) is 12.7. The Morgan fingerprint density at radius 1 is 1.18 bits per heavy atom. The number of aromatic nitrogens is 6. The number of halogens is 1. The van der Waals surface area contributed by atoms with Crippen LogP contribution >= 0.6 is 11.8 Å². The molecule has 14 heteroatoms. The van der Waals surface area contributed by atoms with Gasteiger partial charge in [-0.2, -0.15) is 0 Å². The van der Waals surface area contributed by atoms with Gasteiger partial charge in [-0.15, -0.1) is 15.3 Å². The first-order valence-electron chi connectivity index (χ1n) is 14.3. The molecule has 0 saturated carbocycles. The van der Waals surface area contributed by atoms with Crippen LogP contribution in [0.2, 0.25) is 0 Å². The van der Waals surface area contributed by atoms with Gasteiger partial charge in [0.15, 0.2) is 17.4 Å². The molecule has 0 radical (unpaired) electrons. The second-order valence-electron chi connectivity index (χ2n) is 11.7. The van der Waals surface area contributed by atoms with E-state index in [2.05, 4.69) is 39.5 Å². The molecule has 1 fully saturated rings. The second kappa shape index (κ2) is 10.9. The first-order valence-corrected chi connectivity index (χ1v) is 15.3. The van der Waals surface area contributed by atoms with E-state index in [1.165, 1.54) is 17.8 Å². The summed E-state index contributed by atoms with van der Waals surface area (Å²) >= 11 is 1.29. The third-order valence-electron chi connectivity index (χ3n) is 8.26. The van der Waals surface area contributed by atoms with Gasteiger partial charge in [0.05, 0.1) is 75.6 Å². The van der Waals surface area contributed by atoms with Crippen LogP contribution in [0.1, 0.15) is 18.9 Å². The number of hydrogen-bond acceptors (Lipinski definition) is 10. The van der Waals surface area contributed by atoms with Crippen molar-refractivity contribution in [2.24, 2.45) is 0 Å². The number of pyridine rings is 1. The first-order chi connectivity index (χ1) is 21.2. The number of anilines is 1. The van der Waals surface area contributed by atoms with Crippen LogP contribution in [0, 0.1) is 5.82 Å². The molecule has 1 atom stereocenters. The van der Waals surface area contributed by atoms with Gasteiger partial charge < -0.3 is 27.8 Å². The number of benzene rings is 2. The van der Waals surface area contributed by atoms with Crippen LogP contribution in [0.3, 0.4) is 0 Å². The predicted octanol–water partition coefficient (Wildman–Crippen LogP) is 4.13. The number of likely N-dealkylation sites (N-methyl/N-ethyl adjacent to an activating group) is 1. The topological polar surface area (TPSA) is 124 Å². The van der Waals surface area contributed by atoms with Crippen molar-refractivity contribution in [3.8, 4) is 34.3 Å². The zero-order valence-corrected chi connectivity index (χ0v) is 25.7. The number of thioether (sulfide) groups is 1. The van der Waals surface area contributed by atoms with Crippen LogP contribution in [-0.4, -0.2) is 88.4 Å². The summed E-state index contributed by atoms with van der Waals surface area (Å²) in [6, 6.07) is 8.60. The predicted molar refractivity (Wildman–Crippen MR) is 164 cm³/mol. The summed E-state index contributed by atoms with van der Waals surface area (Å²) in [5, 5.41) is 16.1. The molecule has 12 nitrogen and oxygen atoms in total. The van der Waals surface area contributed by atoms with Crippen molar-refractivity contribution in [1.82, 2.24) is 29.9 Å². The lowest BCUT2D eigenvalue weighted by molar-refractivity contribution is -0.890. The highest BCUT2D eigenvalue weighted by molar-refractivity contribution is 7.98. The number of ether oxygens (including phenoxy) is 2. The smallest absolute Gasteiger partial charge is 0.247 e. The van der Waals surface area contributed by atoms with E-state index in [1.54, 1.807) is 13.3 Å². The molecule has 44 heavy (non-hydrogen) atoms. The first kappa shape index (κ1) is 28.3. The normalized spacial score (nSPS) is 17.6. The summed E-state index contributed by atoms with van der Waals surface area (Å²) < 4.78 is 35.8. The molecule has 2 aliphatic heterocycles. The van der Waals surface area contributed by atoms with Gasteiger partial charge in [-0.25, -0.2) is 9.37 Å². The van der Waals surface area contributed by atoms with Gasteiger partial charge in [0, 0.05) is 11.8 Å². The van der Waals surface area contributed by atoms with Crippen LogP contribution in [0.4, 0.5) is 10.1 Å². The van der Waals surface area contributed by atoms with Crippen molar-refractivity contribution in [3.05, 3.63) is 58.5 Å². The van der Waals surface area contributed by atoms with Crippen molar-refractivity contribution >= 4 is 28.4 Å². The van der Waals surface area contributed by atoms with Crippen LogP contribution < -0.4 is 19.8 Å². The van der Waals surface area contributed by atoms with E-state index in [9.17, 15) is 4.79 Å². The monoisotopic (exact) mass is 619 g/mol. The Morgan fingerprint density at radius 2 is 1.95 bits per heavy atom. The number of quaternary nitrogens is 1. The highest BCUT2D eigenvalue weighted by Crippen LogP contribution is 2.42. The number of methoxy groups -OCH3 is 1. The molecule has 0 unspecified atom stereocenters. The quantitative estimate of drug-likeness (QED) is 0.210. The van der Waals surface area contributed by atoms with Crippen LogP contribution in [-0.2, 0) is 5.75 Å². The maximum absolute atomic E-state index is 15.8. The largest absolute Gasteiger partial charge is 0.497 e. The molecule has 5 aromatic rings. The zero-order chi connectivity index (χ0) is 30.6. The van der Waals surface area contributed by atoms with Crippen molar-refractivity contribution in [3.63, 3.8) is 0 Å². The fourth-order valence-corrected chi connectivity index (χ4v) is 6.26. The average Bonchev–Trinajstić information content (AvgIpc) is 3.69. The van der Waals surface area contributed by atoms with Gasteiger partial charge >= 0.3 is 0 Å². The summed E-state index contributed by atoms with van der Waals surface area (Å²) in [6.07, 6.45) is 1.77. The molecular weight excluding hydrogens is 587 g/mol. The summed E-state index contributed by atoms with van der Waals surface area (Å²) in [7, 11) is 5.96. The van der Waals surface area contributed by atoms with Crippen LogP contribution in [0.15, 0.2) is 50.9 Å². The number of nitrogens with one attached hydrogen (secondary N) is 1. The van der Waals surface area contributed by atoms with Gasteiger partial charge in [0.1, 0.15) is 18.0 Å². The highest BCUT2D eigenvalue weighted by Gasteiger charge is 2.33. The highest BCUT2D eigenvalue weighted by atomic mass is 32.2. The standard InChI is InChI=1S/C30H32FN8O4S/c1-17-15-42-27-24-20(13-22(31)25(27)37-9-11-39(2,3)12-10-37)26(40)21(14-38(17)24)28-32-30(36-34-28)44-16-23-33-35-29(43-23)18-5-7-19(41-4)8-6-18/h5-8,13-14,17H,9-12,15-16H2,1-4H3,(H,32,34,36)/q+1/t17-/m0/s1. The fourth-order valence-electron chi connectivity index (χ4n) is 5.62. The summed E-state index contributed by atoms with van der Waals surface area (Å²) in [5.74, 6) is 2.14. The Morgan fingerprint density at radius 3 is 2.70 bits per heavy atom. The molecule has 3 aromatic heterocycles. The van der Waals surface area contributed by atoms with Gasteiger partial charge in [0.25, 0.3) is 0 Å². The molecule has 1 saturated heterocycles. The third kappa shape index (κ3) is 5.07. The molecule has 7 rings (SSSR count). The Kier molecular flexibility index (Phi) is 7.04. The Labute approximate surface area is 256 Å². The number of rotatable bonds is 7. The molecule has 0 bridgehead atoms. The van der Waals surface area contributed by atoms with Gasteiger partial charge in [-0.1, -0.05) is 11.8 Å². The van der Waals surface area contributed by atoms with Crippen molar-refractivity contribution < 1.29 is 22.8 Å². The maximum Gasteiger partial charge on any atom is 0.247 e. The minimum Gasteiger partial charge on any atom is -0.497 e. The van der Waals surface area contributed by atoms with Crippen LogP contribution in [0.5, 0.6) is 11.5 Å². The lowest BCUT2D eigenvalue weighted by Gasteiger charge is -2.41. The summed E-state index contributed by atoms with van der Waals surface area (Å²) in [4.78, 5) is 20.4. The number of nitrogens with zero attached hydrogens (tertiary/aromatic N) is 7. The fraction of sp³-hybridized carbons (Fsp3) is 0.367. The van der Waals surface area contributed by atoms with E-state index in [4.69, 9.17) is 13.9 Å². The number of H-pyrrole nitrogens is 1. The third-order valence-corrected chi connectivity index (χ3v) is 9.09. The molecule has 2 aliphatic rings. The van der Waals surface area contributed by atoms with Crippen molar-refractivity contribution in [2.45, 2.75) is 23.9 Å². The van der Waals surface area contributed by atoms with E-state index in [1.807, 2.05) is 40.7 Å². The molecule has 0 aliphatic carbocycles. The molecular formula is C30H32FN8O4S+. The van der Waals surface area contributed by atoms with E-state index in [0.29, 0.717) is 70.7 Å². The Bertz CT molecular complexity index is 1910. The lowest BCUT2D eigenvalue weighted by atomic mass is 10.0. The van der Waals surface area contributed by atoms with Crippen molar-refractivity contribution in [1.29, 1.82) is 0 Å². The summed E-state index contributed by atoms with van der Waals surface area (Å²) in [6.45, 7) is 5.55. The van der Waals surface area contributed by atoms with E-state index >= 15 is 4.39 Å². The minimum atomic E-state index is -0.461. The van der Waals surface area contributed by atoms with Gasteiger partial charge in [0.2, 0.25) is 22.4 Å². The van der Waals surface area contributed by atoms with Crippen LogP contribution in [0.25, 0.3) is 33.7 Å². The Balaban J connectivity index is 1.16. The van der Waals surface area contributed by atoms with Gasteiger partial charge in [-0.3, -0.25) is 9.89 Å². The maximum atomic E-state index is 15.8. The lowest BCUT2D eigenvalue weighted by Crippen LogP contribution is -2.55. The number of piperazine rings is 1. The number of hydrogen-bond donors (Lipinski definition) is 1. The minimum absolute atomic E-state index is 0.0752. The van der Waals surface area contributed by atoms with E-state index in [-0.39, 0.29) is 16.9 Å². The molecule has 0 amide bonds. The zero-order valence-electron chi connectivity index (χ0n) is 24.8. The molecule has 2 aromatic carbocycles. The van der Waals surface area contributed by atoms with E-state index in [0.717, 1.165) is 28.9 Å². The Hall–Kier alpha value is -4.43. The molecule has 1 N–H and O–H groups in total. The molecule has 0 spiro atoms. The van der Waals surface area contributed by atoms with Gasteiger partial charge in [-0.05, 0) is 37.3 Å². The van der Waals surface area contributed by atoms with Crippen molar-refractivity contribution in [2.75, 3.05) is 58.9 Å². The van der Waals surface area contributed by atoms with E-state index < -0.39 is 5.82 Å². The molecule has 228 valence electrons. The SMILES string of the molecule is COc1ccc(-c2nnc(CSc3n[nH]c(-c4cn5c6c(c(N7CC[N+](C)(C)CC7)c(F)cc6c4=O)OC[C@@H]5C)n3)o2)cc1. The average molecular weight is 620 g/mol. The molecule has 5 heterocycles. The summed E-state index contributed by atoms with van der Waals surface area (Å²) in [5.41, 5.74) is 1.78.